The highest BCUT2D eigenvalue weighted by molar-refractivity contribution is 6.72. The van der Waals surface area contributed by atoms with Gasteiger partial charge in [0.1, 0.15) is 0 Å². The van der Waals surface area contributed by atoms with Crippen molar-refractivity contribution in [2.24, 2.45) is 0 Å². The van der Waals surface area contributed by atoms with Crippen LogP contribution in [0.3, 0.4) is 0 Å². The lowest BCUT2D eigenvalue weighted by atomic mass is 10.5. The molecule has 0 unspecified atom stereocenters. The van der Waals surface area contributed by atoms with E-state index in [4.69, 9.17) is 61.1 Å². The number of hydrogen-bond acceptors (Lipinski definition) is 8. The Morgan fingerprint density at radius 1 is 0.356 bits per heavy atom. The van der Waals surface area contributed by atoms with Crippen LogP contribution < -0.4 is 0 Å². The van der Waals surface area contributed by atoms with E-state index in [0.717, 1.165) is 49.9 Å². The second-order valence-corrected chi connectivity index (χ2v) is 32.7. The molecule has 0 amide bonds. The van der Waals surface area contributed by atoms with Crippen LogP contribution in [0.25, 0.3) is 0 Å². The maximum absolute atomic E-state index is 6.48. The molecule has 0 N–H and O–H groups in total. The molecular weight excluding hydrogens is 653 g/mol. The zero-order chi connectivity index (χ0) is 34.3. The first-order valence-electron chi connectivity index (χ1n) is 15.9. The summed E-state index contributed by atoms with van der Waals surface area (Å²) in [6, 6.07) is 3.57. The van der Waals surface area contributed by atoms with Gasteiger partial charge < -0.3 is 35.4 Å². The lowest BCUT2D eigenvalue weighted by Crippen LogP contribution is -2.50. The minimum Gasteiger partial charge on any atom is -0.406 e. The first kappa shape index (κ1) is 44.0. The third kappa shape index (κ3) is 23.9. The van der Waals surface area contributed by atoms with Crippen LogP contribution in [0.4, 0.5) is 0 Å². The van der Waals surface area contributed by atoms with Crippen molar-refractivity contribution in [3.63, 3.8) is 0 Å². The van der Waals surface area contributed by atoms with Crippen LogP contribution in [-0.4, -0.2) is 95.2 Å². The van der Waals surface area contributed by atoms with Crippen LogP contribution in [0.15, 0.2) is 0 Å². The third-order valence-electron chi connectivity index (χ3n) is 6.99. The zero-order valence-corrected chi connectivity index (χ0v) is 34.4. The molecule has 8 nitrogen and oxygen atoms in total. The molecule has 0 saturated heterocycles. The maximum Gasteiger partial charge on any atom is 0.679 e. The molecule has 0 aliphatic heterocycles. The molecule has 0 aromatic rings. The highest BCUT2D eigenvalue weighted by atomic mass is 28.4. The molecule has 45 heavy (non-hydrogen) atoms. The van der Waals surface area contributed by atoms with E-state index in [9.17, 15) is 0 Å². The highest BCUT2D eigenvalue weighted by Gasteiger charge is 2.46. The van der Waals surface area contributed by atoms with Gasteiger partial charge in [-0.15, -0.1) is 25.7 Å². The van der Waals surface area contributed by atoms with E-state index in [2.05, 4.69) is 76.1 Å². The Morgan fingerprint density at radius 2 is 0.556 bits per heavy atom. The lowest BCUT2D eigenvalue weighted by Gasteiger charge is -2.30. The van der Waals surface area contributed by atoms with E-state index in [1.807, 2.05) is 0 Å². The van der Waals surface area contributed by atoms with Crippen LogP contribution in [0, 0.1) is 49.4 Å². The summed E-state index contributed by atoms with van der Waals surface area (Å²) in [5, 5.41) is 0. The molecule has 0 bridgehead atoms. The van der Waals surface area contributed by atoms with Crippen LogP contribution in [-0.2, 0) is 35.4 Å². The number of hydrogen-bond donors (Lipinski definition) is 0. The fraction of sp³-hybridized carbons (Fsp3) is 0.750. The molecule has 0 rings (SSSR count). The zero-order valence-electron chi connectivity index (χ0n) is 29.4. The van der Waals surface area contributed by atoms with Crippen molar-refractivity contribution in [3.8, 4) is 49.4 Å². The van der Waals surface area contributed by atoms with E-state index < -0.39 is 42.3 Å². The minimum absolute atomic E-state index is 0.328. The molecule has 0 aromatic heterocycles. The molecule has 0 fully saturated rings. The topological polar surface area (TPSA) is 73.8 Å². The average Bonchev–Trinajstić information content (AvgIpc) is 2.98. The molecule has 0 saturated carbocycles. The Balaban J connectivity index is 5.66. The van der Waals surface area contributed by atoms with Crippen molar-refractivity contribution in [2.75, 3.05) is 52.9 Å². The van der Waals surface area contributed by atoms with Gasteiger partial charge in [0, 0.05) is 26.4 Å². The monoisotopic (exact) mass is 712 g/mol. The van der Waals surface area contributed by atoms with E-state index in [0.29, 0.717) is 52.9 Å². The Kier molecular flexibility index (Phi) is 22.8. The fourth-order valence-electron chi connectivity index (χ4n) is 4.27. The summed E-state index contributed by atoms with van der Waals surface area (Å²) in [7, 11) is -11.2. The van der Waals surface area contributed by atoms with Crippen LogP contribution in [0.2, 0.25) is 76.6 Å². The summed E-state index contributed by atoms with van der Waals surface area (Å²) in [4.78, 5) is 0. The van der Waals surface area contributed by atoms with Gasteiger partial charge in [0.15, 0.2) is 33.3 Å². The van der Waals surface area contributed by atoms with Gasteiger partial charge in [-0.2, -0.15) is 0 Å². The van der Waals surface area contributed by atoms with Gasteiger partial charge >= 0.3 is 9.05 Å². The van der Waals surface area contributed by atoms with E-state index in [-0.39, 0.29) is 0 Å². The molecule has 13 heteroatoms. The van der Waals surface area contributed by atoms with Crippen LogP contribution in [0.1, 0.15) is 25.7 Å². The number of terminal acetylenes is 4. The van der Waals surface area contributed by atoms with Gasteiger partial charge in [-0.25, -0.2) is 0 Å². The van der Waals surface area contributed by atoms with Crippen molar-refractivity contribution in [2.45, 2.75) is 102 Å². The summed E-state index contributed by atoms with van der Waals surface area (Å²) >= 11 is 0. The van der Waals surface area contributed by atoms with E-state index >= 15 is 0 Å². The fourth-order valence-corrected chi connectivity index (χ4v) is 12.8. The molecule has 0 aromatic carbocycles. The van der Waals surface area contributed by atoms with E-state index in [1.54, 1.807) is 0 Å². The van der Waals surface area contributed by atoms with Crippen molar-refractivity contribution in [1.29, 1.82) is 0 Å². The molecule has 0 atom stereocenters. The second-order valence-electron chi connectivity index (χ2n) is 13.3. The summed E-state index contributed by atoms with van der Waals surface area (Å²) in [5.41, 5.74) is 0. The summed E-state index contributed by atoms with van der Waals surface area (Å²) in [5.74, 6) is 10.3. The summed E-state index contributed by atoms with van der Waals surface area (Å²) in [6.07, 6.45) is 24.8. The predicted octanol–water partition coefficient (Wildman–Crippen LogP) is 6.47. The van der Waals surface area contributed by atoms with Gasteiger partial charge in [-0.05, 0) is 102 Å². The van der Waals surface area contributed by atoms with Crippen LogP contribution in [0.5, 0.6) is 0 Å². The maximum atomic E-state index is 6.48. The van der Waals surface area contributed by atoms with Crippen molar-refractivity contribution < 1.29 is 35.4 Å². The first-order valence-corrected chi connectivity index (χ1v) is 30.0. The molecule has 0 aliphatic rings. The molecule has 0 heterocycles. The molecule has 0 spiro atoms. The Bertz CT molecular complexity index is 818. The van der Waals surface area contributed by atoms with Crippen LogP contribution >= 0.6 is 0 Å². The van der Waals surface area contributed by atoms with Gasteiger partial charge in [-0.3, -0.25) is 0 Å². The predicted molar refractivity (Wildman–Crippen MR) is 196 cm³/mol. The van der Waals surface area contributed by atoms with Crippen molar-refractivity contribution in [1.82, 2.24) is 0 Å². The summed E-state index contributed by atoms with van der Waals surface area (Å²) < 4.78 is 49.7. The largest absolute Gasteiger partial charge is 0.679 e. The molecule has 0 aliphatic carbocycles. The standard InChI is InChI=1S/C32H60O8Si5/c1-13-21-33-41(5,6)29-17-25-37-45(38-26-18-30-42(7,8)34-22-14-2,39-27-19-31-43(9,10)35-23-15-3)40-28-20-32-44(11,12)36-24-16-4/h1-4H,17-32H2,5-12H3. The molecular formula is C32H60O8Si5. The molecule has 256 valence electrons. The van der Waals surface area contributed by atoms with Gasteiger partial charge in [-0.1, -0.05) is 23.7 Å². The normalized spacial score (nSPS) is 12.7. The van der Waals surface area contributed by atoms with Crippen molar-refractivity contribution >= 4 is 42.3 Å². The lowest BCUT2D eigenvalue weighted by molar-refractivity contribution is -0.0351. The second kappa shape index (κ2) is 23.3. The minimum atomic E-state index is -3.51. The smallest absolute Gasteiger partial charge is 0.406 e. The van der Waals surface area contributed by atoms with Crippen molar-refractivity contribution in [3.05, 3.63) is 0 Å². The van der Waals surface area contributed by atoms with Gasteiger partial charge in [0.2, 0.25) is 0 Å². The quantitative estimate of drug-likeness (QED) is 0.0520. The number of rotatable bonds is 28. The Labute approximate surface area is 281 Å². The summed E-state index contributed by atoms with van der Waals surface area (Å²) in [6.45, 7) is 20.3. The van der Waals surface area contributed by atoms with Gasteiger partial charge in [0.25, 0.3) is 0 Å². The van der Waals surface area contributed by atoms with E-state index in [1.165, 1.54) is 0 Å². The van der Waals surface area contributed by atoms with Gasteiger partial charge in [0.05, 0.1) is 26.4 Å². The third-order valence-corrected chi connectivity index (χ3v) is 19.2. The highest BCUT2D eigenvalue weighted by Crippen LogP contribution is 2.22. The molecule has 0 radical (unpaired) electrons. The first-order chi connectivity index (χ1) is 21.1. The average molecular weight is 713 g/mol. The Hall–Kier alpha value is -0.996. The Morgan fingerprint density at radius 3 is 0.733 bits per heavy atom. The SMILES string of the molecule is C#CCO[Si](C)(C)CCCO[Si](OCCC[Si](C)(C)OCC#C)(OCCC[Si](C)(C)OCC#C)OCCC[Si](C)(C)OCC#C.